The molecule has 0 atom stereocenters. The van der Waals surface area contributed by atoms with E-state index in [4.69, 9.17) is 0 Å². The number of hydrogen-bond acceptors (Lipinski definition) is 3. The fraction of sp³-hybridized carbons (Fsp3) is 0.111. The third-order valence-electron chi connectivity index (χ3n) is 1.58. The maximum atomic E-state index is 12.9. The Morgan fingerprint density at radius 2 is 2.06 bits per heavy atom. The lowest BCUT2D eigenvalue weighted by atomic mass is 10.3. The molecule has 16 heavy (non-hydrogen) atoms. The number of carbonyl (C=O) groups is 2. The number of anilines is 1. The van der Waals surface area contributed by atoms with Crippen molar-refractivity contribution >= 4 is 33.4 Å². The van der Waals surface area contributed by atoms with E-state index < -0.39 is 17.6 Å². The Kier molecular flexibility index (Phi) is 4.39. The van der Waals surface area contributed by atoms with E-state index in [1.165, 1.54) is 19.2 Å². The lowest BCUT2D eigenvalue weighted by molar-refractivity contribution is -0.142. The molecule has 1 aromatic rings. The van der Waals surface area contributed by atoms with Gasteiger partial charge in [-0.15, -0.1) is 0 Å². The van der Waals surface area contributed by atoms with Gasteiger partial charge in [0.2, 0.25) is 0 Å². The monoisotopic (exact) mass is 290 g/mol. The predicted octanol–water partition coefficient (Wildman–Crippen LogP) is 1.20. The van der Waals surface area contributed by atoms with Crippen molar-refractivity contribution in [2.45, 2.75) is 0 Å². The van der Waals surface area contributed by atoms with Crippen molar-refractivity contribution in [1.82, 2.24) is 5.48 Å². The van der Waals surface area contributed by atoms with Gasteiger partial charge in [-0.25, -0.2) is 9.87 Å². The van der Waals surface area contributed by atoms with E-state index in [-0.39, 0.29) is 4.47 Å². The Bertz CT molecular complexity index is 425. The van der Waals surface area contributed by atoms with Crippen molar-refractivity contribution in [1.29, 1.82) is 0 Å². The van der Waals surface area contributed by atoms with Crippen molar-refractivity contribution in [3.63, 3.8) is 0 Å². The maximum absolute atomic E-state index is 12.9. The summed E-state index contributed by atoms with van der Waals surface area (Å²) in [5, 5.41) is 2.27. The van der Waals surface area contributed by atoms with Gasteiger partial charge in [-0.05, 0) is 34.1 Å². The first kappa shape index (κ1) is 12.6. The molecule has 0 aliphatic carbocycles. The zero-order valence-electron chi connectivity index (χ0n) is 8.21. The highest BCUT2D eigenvalue weighted by Crippen LogP contribution is 2.19. The number of hydroxylamine groups is 1. The van der Waals surface area contributed by atoms with Crippen LogP contribution in [0.2, 0.25) is 0 Å². The summed E-state index contributed by atoms with van der Waals surface area (Å²) in [7, 11) is 1.21. The van der Waals surface area contributed by atoms with E-state index in [1.54, 1.807) is 0 Å². The van der Waals surface area contributed by atoms with E-state index in [9.17, 15) is 14.0 Å². The summed E-state index contributed by atoms with van der Waals surface area (Å²) in [4.78, 5) is 26.4. The van der Waals surface area contributed by atoms with Crippen LogP contribution >= 0.6 is 15.9 Å². The first-order valence-electron chi connectivity index (χ1n) is 4.14. The predicted molar refractivity (Wildman–Crippen MR) is 57.9 cm³/mol. The van der Waals surface area contributed by atoms with Crippen molar-refractivity contribution in [3.05, 3.63) is 28.5 Å². The molecule has 86 valence electrons. The number of nitrogens with one attached hydrogen (secondary N) is 2. The first-order chi connectivity index (χ1) is 7.54. The third-order valence-corrected chi connectivity index (χ3v) is 2.19. The number of carbonyl (C=O) groups excluding carboxylic acids is 2. The Hall–Kier alpha value is -1.47. The van der Waals surface area contributed by atoms with E-state index in [0.29, 0.717) is 5.69 Å². The molecule has 0 spiro atoms. The van der Waals surface area contributed by atoms with Gasteiger partial charge in [0.05, 0.1) is 11.6 Å². The Balaban J connectivity index is 2.70. The van der Waals surface area contributed by atoms with Crippen LogP contribution in [0.3, 0.4) is 0 Å². The van der Waals surface area contributed by atoms with Gasteiger partial charge in [0.1, 0.15) is 5.82 Å². The molecule has 1 rings (SSSR count). The summed E-state index contributed by atoms with van der Waals surface area (Å²) >= 11 is 2.95. The molecule has 0 aromatic heterocycles. The molecule has 0 fully saturated rings. The van der Waals surface area contributed by atoms with E-state index in [1.807, 2.05) is 5.48 Å². The molecule has 0 radical (unpaired) electrons. The van der Waals surface area contributed by atoms with Gasteiger partial charge in [-0.2, -0.15) is 0 Å². The standard InChI is InChI=1S/C9H8BrFN2O3/c1-16-13-9(15)8(14)12-5-2-3-7(11)6(10)4-5/h2-4H,1H3,(H,12,14)(H,13,15). The third kappa shape index (κ3) is 3.28. The molecule has 0 aliphatic rings. The summed E-state index contributed by atoms with van der Waals surface area (Å²) < 4.78 is 13.0. The summed E-state index contributed by atoms with van der Waals surface area (Å²) in [6, 6.07) is 3.83. The van der Waals surface area contributed by atoms with Crippen LogP contribution in [0.15, 0.2) is 22.7 Å². The van der Waals surface area contributed by atoms with Crippen LogP contribution in [-0.2, 0) is 14.4 Å². The lowest BCUT2D eigenvalue weighted by Crippen LogP contribution is -2.34. The van der Waals surface area contributed by atoms with E-state index in [2.05, 4.69) is 26.1 Å². The molecule has 0 unspecified atom stereocenters. The normalized spacial score (nSPS) is 9.69. The second-order valence-electron chi connectivity index (χ2n) is 2.72. The molecule has 2 N–H and O–H groups in total. The average molecular weight is 291 g/mol. The van der Waals surface area contributed by atoms with E-state index in [0.717, 1.165) is 6.07 Å². The molecule has 0 saturated carbocycles. The van der Waals surface area contributed by atoms with Crippen molar-refractivity contribution in [2.75, 3.05) is 12.4 Å². The van der Waals surface area contributed by atoms with Crippen LogP contribution in [0.5, 0.6) is 0 Å². The minimum atomic E-state index is -0.942. The van der Waals surface area contributed by atoms with Crippen LogP contribution in [0.1, 0.15) is 0 Å². The number of amides is 2. The van der Waals surface area contributed by atoms with Gasteiger partial charge in [0.25, 0.3) is 0 Å². The molecular formula is C9H8BrFN2O3. The van der Waals surface area contributed by atoms with Crippen molar-refractivity contribution in [2.24, 2.45) is 0 Å². The average Bonchev–Trinajstić information content (AvgIpc) is 2.24. The zero-order valence-corrected chi connectivity index (χ0v) is 9.80. The topological polar surface area (TPSA) is 67.4 Å². The SMILES string of the molecule is CONC(=O)C(=O)Nc1ccc(F)c(Br)c1. The first-order valence-corrected chi connectivity index (χ1v) is 4.93. The van der Waals surface area contributed by atoms with Crippen LogP contribution in [0.4, 0.5) is 10.1 Å². The molecular weight excluding hydrogens is 283 g/mol. The smallest absolute Gasteiger partial charge is 0.318 e. The van der Waals surface area contributed by atoms with Gasteiger partial charge in [0.15, 0.2) is 0 Å². The minimum Gasteiger partial charge on any atom is -0.318 e. The Labute approximate surface area is 99.0 Å². The highest BCUT2D eigenvalue weighted by molar-refractivity contribution is 9.10. The summed E-state index contributed by atoms with van der Waals surface area (Å²) in [6.07, 6.45) is 0. The van der Waals surface area contributed by atoms with Gasteiger partial charge in [0, 0.05) is 5.69 Å². The molecule has 1 aromatic carbocycles. The summed E-state index contributed by atoms with van der Waals surface area (Å²) in [5.41, 5.74) is 2.15. The van der Waals surface area contributed by atoms with Gasteiger partial charge in [-0.3, -0.25) is 14.4 Å². The summed E-state index contributed by atoms with van der Waals surface area (Å²) in [5.74, 6) is -2.30. The zero-order chi connectivity index (χ0) is 12.1. The molecule has 7 heteroatoms. The van der Waals surface area contributed by atoms with Crippen molar-refractivity contribution in [3.8, 4) is 0 Å². The minimum absolute atomic E-state index is 0.192. The molecule has 0 bridgehead atoms. The van der Waals surface area contributed by atoms with Crippen LogP contribution in [0.25, 0.3) is 0 Å². The molecule has 5 nitrogen and oxygen atoms in total. The second kappa shape index (κ2) is 5.57. The maximum Gasteiger partial charge on any atom is 0.333 e. The molecule has 0 saturated heterocycles. The Morgan fingerprint density at radius 1 is 1.38 bits per heavy atom. The molecule has 0 heterocycles. The second-order valence-corrected chi connectivity index (χ2v) is 3.57. The van der Waals surface area contributed by atoms with Crippen LogP contribution < -0.4 is 10.8 Å². The quantitative estimate of drug-likeness (QED) is 0.635. The number of hydrogen-bond donors (Lipinski definition) is 2. The van der Waals surface area contributed by atoms with Gasteiger partial charge >= 0.3 is 11.8 Å². The van der Waals surface area contributed by atoms with Crippen molar-refractivity contribution < 1.29 is 18.8 Å². The van der Waals surface area contributed by atoms with Gasteiger partial charge < -0.3 is 5.32 Å². The number of rotatable bonds is 2. The van der Waals surface area contributed by atoms with Crippen LogP contribution in [0, 0.1) is 5.82 Å². The fourth-order valence-electron chi connectivity index (χ4n) is 0.901. The fourth-order valence-corrected chi connectivity index (χ4v) is 1.28. The highest BCUT2D eigenvalue weighted by atomic mass is 79.9. The highest BCUT2D eigenvalue weighted by Gasteiger charge is 2.13. The summed E-state index contributed by atoms with van der Waals surface area (Å²) in [6.45, 7) is 0. The molecule has 0 aliphatic heterocycles. The number of halogens is 2. The van der Waals surface area contributed by atoms with E-state index >= 15 is 0 Å². The Morgan fingerprint density at radius 3 is 2.62 bits per heavy atom. The largest absolute Gasteiger partial charge is 0.333 e. The lowest BCUT2D eigenvalue weighted by Gasteiger charge is -2.05. The molecule has 2 amide bonds. The van der Waals surface area contributed by atoms with Gasteiger partial charge in [-0.1, -0.05) is 0 Å². The van der Waals surface area contributed by atoms with Crippen LogP contribution in [-0.4, -0.2) is 18.9 Å². The number of benzene rings is 1.